The lowest BCUT2D eigenvalue weighted by molar-refractivity contribution is 0.290. The Bertz CT molecular complexity index is 1120. The molecule has 7 heteroatoms. The van der Waals surface area contributed by atoms with Gasteiger partial charge in [-0.15, -0.1) is 0 Å². The van der Waals surface area contributed by atoms with Crippen molar-refractivity contribution in [3.63, 3.8) is 0 Å². The topological polar surface area (TPSA) is 74.2 Å². The zero-order valence-corrected chi connectivity index (χ0v) is 19.8. The van der Waals surface area contributed by atoms with Crippen molar-refractivity contribution >= 4 is 5.84 Å². The van der Waals surface area contributed by atoms with Gasteiger partial charge >= 0.3 is 0 Å². The van der Waals surface area contributed by atoms with Gasteiger partial charge in [0.15, 0.2) is 23.0 Å². The van der Waals surface area contributed by atoms with Gasteiger partial charge in [-0.3, -0.25) is 4.99 Å². The van der Waals surface area contributed by atoms with E-state index in [0.717, 1.165) is 49.2 Å². The van der Waals surface area contributed by atoms with Crippen LogP contribution in [0.25, 0.3) is 0 Å². The van der Waals surface area contributed by atoms with Gasteiger partial charge in [0.2, 0.25) is 5.88 Å². The summed E-state index contributed by atoms with van der Waals surface area (Å²) < 4.78 is 23.0. The van der Waals surface area contributed by atoms with Crippen LogP contribution in [0.5, 0.6) is 28.9 Å². The van der Waals surface area contributed by atoms with Gasteiger partial charge in [-0.05, 0) is 61.2 Å². The van der Waals surface area contributed by atoms with Crippen LogP contribution in [0.1, 0.15) is 36.8 Å². The Morgan fingerprint density at radius 1 is 0.882 bits per heavy atom. The molecule has 2 aromatic carbocycles. The fourth-order valence-corrected chi connectivity index (χ4v) is 3.76. The Hall–Kier alpha value is -3.74. The highest BCUT2D eigenvalue weighted by molar-refractivity contribution is 6.00. The van der Waals surface area contributed by atoms with Crippen molar-refractivity contribution in [2.24, 2.45) is 4.99 Å². The molecule has 0 fully saturated rings. The number of rotatable bonds is 4. The summed E-state index contributed by atoms with van der Waals surface area (Å²) in [6.07, 6.45) is 5.93. The number of aromatic nitrogens is 1. The van der Waals surface area contributed by atoms with Gasteiger partial charge in [-0.25, -0.2) is 4.98 Å². The minimum absolute atomic E-state index is 0.481. The third-order valence-corrected chi connectivity index (χ3v) is 5.57. The first kappa shape index (κ1) is 23.4. The third-order valence-electron chi connectivity index (χ3n) is 5.57. The number of para-hydroxylation sites is 2. The monoisotopic (exact) mass is 461 g/mol. The summed E-state index contributed by atoms with van der Waals surface area (Å²) in [6, 6.07) is 17.4. The number of hydrogen-bond donors (Lipinski definition) is 1. The minimum atomic E-state index is 0.481. The summed E-state index contributed by atoms with van der Waals surface area (Å²) in [7, 11) is 3.27. The molecule has 0 saturated heterocycles. The van der Waals surface area contributed by atoms with Crippen molar-refractivity contribution in [1.82, 2.24) is 10.3 Å². The number of methoxy groups -OCH3 is 2. The van der Waals surface area contributed by atoms with E-state index in [9.17, 15) is 0 Å². The summed E-state index contributed by atoms with van der Waals surface area (Å²) in [6.45, 7) is 1.95. The molecule has 7 nitrogen and oxygen atoms in total. The summed E-state index contributed by atoms with van der Waals surface area (Å²) >= 11 is 0. The molecule has 3 aromatic rings. The zero-order valence-electron chi connectivity index (χ0n) is 19.8. The van der Waals surface area contributed by atoms with Crippen molar-refractivity contribution in [3.8, 4) is 28.9 Å². The number of amidine groups is 1. The molecule has 1 aromatic heterocycles. The van der Waals surface area contributed by atoms with Gasteiger partial charge in [-0.2, -0.15) is 0 Å². The molecular formula is C27H31N3O4. The van der Waals surface area contributed by atoms with Crippen molar-refractivity contribution < 1.29 is 18.9 Å². The maximum Gasteiger partial charge on any atom is 0.230 e. The molecule has 34 heavy (non-hydrogen) atoms. The number of pyridine rings is 1. The van der Waals surface area contributed by atoms with Crippen LogP contribution < -0.4 is 24.3 Å². The van der Waals surface area contributed by atoms with E-state index in [-0.39, 0.29) is 0 Å². The molecule has 1 N–H and O–H groups in total. The SMILES string of the molecule is COc1ccc(CNC2=NCCCCCCOc3ccccc3Oc3ncccc32)cc1OC. The predicted octanol–water partition coefficient (Wildman–Crippen LogP) is 5.38. The highest BCUT2D eigenvalue weighted by Crippen LogP contribution is 2.32. The maximum absolute atomic E-state index is 6.24. The van der Waals surface area contributed by atoms with Crippen LogP contribution in [0, 0.1) is 0 Å². The number of ether oxygens (including phenoxy) is 4. The van der Waals surface area contributed by atoms with E-state index in [4.69, 9.17) is 23.9 Å². The Morgan fingerprint density at radius 2 is 1.71 bits per heavy atom. The lowest BCUT2D eigenvalue weighted by atomic mass is 10.1. The summed E-state index contributed by atoms with van der Waals surface area (Å²) in [4.78, 5) is 9.41. The zero-order chi connectivity index (χ0) is 23.6. The van der Waals surface area contributed by atoms with E-state index in [0.29, 0.717) is 42.0 Å². The van der Waals surface area contributed by atoms with Crippen LogP contribution >= 0.6 is 0 Å². The minimum Gasteiger partial charge on any atom is -0.493 e. The molecule has 0 amide bonds. The third kappa shape index (κ3) is 5.98. The van der Waals surface area contributed by atoms with E-state index >= 15 is 0 Å². The van der Waals surface area contributed by atoms with Gasteiger partial charge in [0.25, 0.3) is 0 Å². The number of aliphatic imine (C=N–C) groups is 1. The highest BCUT2D eigenvalue weighted by Gasteiger charge is 2.16. The molecule has 0 radical (unpaired) electrons. The predicted molar refractivity (Wildman–Crippen MR) is 133 cm³/mol. The first-order chi connectivity index (χ1) is 16.8. The molecular weight excluding hydrogens is 430 g/mol. The summed E-state index contributed by atoms with van der Waals surface area (Å²) in [5, 5.41) is 3.49. The molecule has 1 aliphatic heterocycles. The molecule has 0 aliphatic carbocycles. The number of hydrogen-bond acceptors (Lipinski definition) is 7. The smallest absolute Gasteiger partial charge is 0.230 e. The summed E-state index contributed by atoms with van der Waals surface area (Å²) in [5.74, 6) is 3.97. The standard InChI is InChI=1S/C27H31N3O4/c1-31-22-14-13-20(18-25(22)32-2)19-30-26-21-10-9-16-29-27(21)34-24-12-6-5-11-23(24)33-17-8-4-3-7-15-28-26/h5-6,9-14,16,18H,3-4,7-8,15,17,19H2,1-2H3,(H,28,30). The van der Waals surface area contributed by atoms with Crippen molar-refractivity contribution in [3.05, 3.63) is 71.9 Å². The van der Waals surface area contributed by atoms with Crippen molar-refractivity contribution in [2.75, 3.05) is 27.4 Å². The van der Waals surface area contributed by atoms with Crippen LogP contribution in [-0.2, 0) is 6.54 Å². The Morgan fingerprint density at radius 3 is 2.56 bits per heavy atom. The van der Waals surface area contributed by atoms with Crippen LogP contribution in [0.3, 0.4) is 0 Å². The first-order valence-corrected chi connectivity index (χ1v) is 11.6. The fourth-order valence-electron chi connectivity index (χ4n) is 3.76. The van der Waals surface area contributed by atoms with E-state index in [2.05, 4.69) is 10.3 Å². The molecule has 0 bridgehead atoms. The Kier molecular flexibility index (Phi) is 8.22. The van der Waals surface area contributed by atoms with Crippen molar-refractivity contribution in [1.29, 1.82) is 0 Å². The maximum atomic E-state index is 6.24. The van der Waals surface area contributed by atoms with Crippen molar-refractivity contribution in [2.45, 2.75) is 32.2 Å². The van der Waals surface area contributed by atoms with E-state index < -0.39 is 0 Å². The highest BCUT2D eigenvalue weighted by atomic mass is 16.5. The molecule has 0 unspecified atom stereocenters. The Balaban J connectivity index is 1.63. The van der Waals surface area contributed by atoms with Gasteiger partial charge < -0.3 is 24.3 Å². The normalized spacial score (nSPS) is 14.2. The number of fused-ring (bicyclic) bond motifs is 2. The molecule has 4 rings (SSSR count). The van der Waals surface area contributed by atoms with E-state index in [1.807, 2.05) is 54.6 Å². The van der Waals surface area contributed by atoms with E-state index in [1.165, 1.54) is 0 Å². The van der Waals surface area contributed by atoms with Gasteiger partial charge in [0, 0.05) is 19.3 Å². The first-order valence-electron chi connectivity index (χ1n) is 11.6. The van der Waals surface area contributed by atoms with Gasteiger partial charge in [0.1, 0.15) is 5.84 Å². The second kappa shape index (κ2) is 11.9. The van der Waals surface area contributed by atoms with Crippen LogP contribution in [0.2, 0.25) is 0 Å². The van der Waals surface area contributed by atoms with Gasteiger partial charge in [-0.1, -0.05) is 24.6 Å². The van der Waals surface area contributed by atoms with Crippen LogP contribution in [-0.4, -0.2) is 38.2 Å². The fraction of sp³-hybridized carbons (Fsp3) is 0.333. The van der Waals surface area contributed by atoms with E-state index in [1.54, 1.807) is 20.4 Å². The average Bonchev–Trinajstić information content (AvgIpc) is 2.88. The molecule has 0 atom stereocenters. The lowest BCUT2D eigenvalue weighted by Gasteiger charge is -2.17. The second-order valence-corrected chi connectivity index (χ2v) is 7.94. The largest absolute Gasteiger partial charge is 0.493 e. The summed E-state index contributed by atoms with van der Waals surface area (Å²) in [5.41, 5.74) is 1.85. The average molecular weight is 462 g/mol. The lowest BCUT2D eigenvalue weighted by Crippen LogP contribution is -2.25. The molecule has 2 heterocycles. The molecule has 1 aliphatic rings. The molecule has 0 saturated carbocycles. The quantitative estimate of drug-likeness (QED) is 0.562. The number of benzene rings is 2. The molecule has 0 spiro atoms. The van der Waals surface area contributed by atoms with Crippen LogP contribution in [0.15, 0.2) is 65.8 Å². The van der Waals surface area contributed by atoms with Gasteiger partial charge in [0.05, 0.1) is 26.4 Å². The molecule has 178 valence electrons. The Labute approximate surface area is 200 Å². The van der Waals surface area contributed by atoms with Crippen LogP contribution in [0.4, 0.5) is 0 Å². The number of nitrogens with zero attached hydrogens (tertiary/aromatic N) is 2. The number of nitrogens with one attached hydrogen (secondary N) is 1. The second-order valence-electron chi connectivity index (χ2n) is 7.94.